The number of hydrogen-bond acceptors (Lipinski definition) is 10. The molecule has 0 bridgehead atoms. The highest BCUT2D eigenvalue weighted by atomic mass is 35.5. The number of fused-ring (bicyclic) bond motifs is 1. The number of nitrogens with zero attached hydrogens (tertiary/aromatic N) is 3. The maximum Gasteiger partial charge on any atom is 0.547 e. The number of carbonyl (C=O) groups is 5. The second kappa shape index (κ2) is 15.1. The van der Waals surface area contributed by atoms with E-state index in [1.165, 1.54) is 23.1 Å². The fourth-order valence-corrected chi connectivity index (χ4v) is 6.81. The number of benzene rings is 3. The van der Waals surface area contributed by atoms with Gasteiger partial charge >= 0.3 is 31.2 Å². The Kier molecular flexibility index (Phi) is 10.6. The summed E-state index contributed by atoms with van der Waals surface area (Å²) in [5, 5.41) is 56.4. The van der Waals surface area contributed by atoms with Crippen molar-refractivity contribution in [2.75, 3.05) is 31.5 Å². The van der Waals surface area contributed by atoms with Crippen LogP contribution in [-0.4, -0.2) is 115 Å². The standard InChI is InChI=1S/C33H32BClF2N6O11/c35-24-19(14-21(37)26(45)27(24)46)25(29(47)39-22-13-15-1-6-20(36)23(30(48)49)28(15)54-34(22)53)40-32(51)43-12-11-42(33(43)52)17-7-9-41(10-8-17)31(50)38-16-2-4-18(44)5-3-16/h1-6,14,17,22,25,44-46,53H,7-13H2,(H,38,50)(H,39,47)(H,40,51)(H,48,49)/t22-,25+/m0/s1. The Morgan fingerprint density at radius 2 is 1.61 bits per heavy atom. The van der Waals surface area contributed by atoms with Gasteiger partial charge in [-0.1, -0.05) is 17.7 Å². The van der Waals surface area contributed by atoms with Gasteiger partial charge in [0.05, 0.1) is 11.0 Å². The number of hydrogen-bond donors (Lipinski definition) is 8. The molecule has 3 aliphatic heterocycles. The van der Waals surface area contributed by atoms with Crippen LogP contribution in [-0.2, 0) is 11.2 Å². The molecule has 0 aliphatic carbocycles. The van der Waals surface area contributed by atoms with E-state index in [1.54, 1.807) is 17.0 Å². The number of amides is 7. The van der Waals surface area contributed by atoms with Gasteiger partial charge in [0.1, 0.15) is 28.9 Å². The zero-order valence-electron chi connectivity index (χ0n) is 28.0. The lowest BCUT2D eigenvalue weighted by atomic mass is 9.72. The van der Waals surface area contributed by atoms with E-state index >= 15 is 0 Å². The van der Waals surface area contributed by atoms with Crippen molar-refractivity contribution in [2.45, 2.75) is 37.3 Å². The number of halogens is 3. The fraction of sp³-hybridized carbons (Fsp3) is 0.303. The van der Waals surface area contributed by atoms with Gasteiger partial charge in [-0.25, -0.2) is 32.9 Å². The molecule has 0 aromatic heterocycles. The van der Waals surface area contributed by atoms with Crippen molar-refractivity contribution in [1.29, 1.82) is 0 Å². The zero-order valence-corrected chi connectivity index (χ0v) is 28.7. The number of carboxylic acid groups (broad SMARTS) is 1. The van der Waals surface area contributed by atoms with E-state index in [9.17, 15) is 58.2 Å². The average molecular weight is 773 g/mol. The summed E-state index contributed by atoms with van der Waals surface area (Å²) in [5.41, 5.74) is -0.801. The Hall–Kier alpha value is -6.02. The molecule has 8 N–H and O–H groups in total. The van der Waals surface area contributed by atoms with Crippen LogP contribution in [0.15, 0.2) is 42.5 Å². The summed E-state index contributed by atoms with van der Waals surface area (Å²) in [6.45, 7) is 0.550. The number of piperidine rings is 1. The molecule has 3 aromatic rings. The summed E-state index contributed by atoms with van der Waals surface area (Å²) in [4.78, 5) is 69.1. The smallest absolute Gasteiger partial charge is 0.534 e. The molecule has 21 heteroatoms. The summed E-state index contributed by atoms with van der Waals surface area (Å²) in [7, 11) is -1.93. The Bertz CT molecular complexity index is 2020. The number of imide groups is 1. The largest absolute Gasteiger partial charge is 0.547 e. The minimum Gasteiger partial charge on any atom is -0.534 e. The van der Waals surface area contributed by atoms with Gasteiger partial charge in [0.15, 0.2) is 17.3 Å². The number of anilines is 1. The number of likely N-dealkylation sites (tertiary alicyclic amines) is 1. The number of urea groups is 3. The van der Waals surface area contributed by atoms with E-state index in [2.05, 4.69) is 16.0 Å². The Morgan fingerprint density at radius 1 is 0.926 bits per heavy atom. The Balaban J connectivity index is 1.15. The lowest BCUT2D eigenvalue weighted by Gasteiger charge is -2.36. The number of phenols is 3. The van der Waals surface area contributed by atoms with Crippen LogP contribution in [0.3, 0.4) is 0 Å². The van der Waals surface area contributed by atoms with Gasteiger partial charge in [0.25, 0.3) is 0 Å². The van der Waals surface area contributed by atoms with Gasteiger partial charge in [-0.15, -0.1) is 0 Å². The first-order valence-corrected chi connectivity index (χ1v) is 16.9. The molecule has 7 amide bonds. The SMILES string of the molecule is O=C(O)c1c(F)ccc2c1OB(O)[C@@H](NC(=O)[C@H](NC(=O)N1CCN(C3CCN(C(=O)Nc4ccc(O)cc4)CC3)C1=O)c1cc(F)c(O)c(O)c1Cl)C2. The van der Waals surface area contributed by atoms with Crippen molar-refractivity contribution in [3.8, 4) is 23.0 Å². The van der Waals surface area contributed by atoms with Gasteiger partial charge in [-0.2, -0.15) is 0 Å². The van der Waals surface area contributed by atoms with E-state index in [4.69, 9.17) is 16.3 Å². The molecule has 3 aromatic carbocycles. The lowest BCUT2D eigenvalue weighted by molar-refractivity contribution is -0.123. The molecule has 2 saturated heterocycles. The second-order valence-electron chi connectivity index (χ2n) is 12.7. The first-order chi connectivity index (χ1) is 25.6. The monoisotopic (exact) mass is 772 g/mol. The summed E-state index contributed by atoms with van der Waals surface area (Å²) in [5.74, 6) is -9.51. The minimum atomic E-state index is -1.96. The van der Waals surface area contributed by atoms with E-state index in [0.29, 0.717) is 24.6 Å². The van der Waals surface area contributed by atoms with Crippen molar-refractivity contribution in [3.05, 3.63) is 75.8 Å². The van der Waals surface area contributed by atoms with Gasteiger partial charge in [-0.05, 0) is 61.2 Å². The Morgan fingerprint density at radius 3 is 2.28 bits per heavy atom. The van der Waals surface area contributed by atoms with E-state index in [-0.39, 0.29) is 56.0 Å². The third-order valence-corrected chi connectivity index (χ3v) is 9.78. The summed E-state index contributed by atoms with van der Waals surface area (Å²) in [6, 6.07) is 4.05. The molecule has 284 valence electrons. The lowest BCUT2D eigenvalue weighted by Crippen LogP contribution is -2.56. The van der Waals surface area contributed by atoms with Gasteiger partial charge in [0, 0.05) is 43.5 Å². The number of rotatable bonds is 7. The molecule has 17 nitrogen and oxygen atoms in total. The molecule has 3 heterocycles. The van der Waals surface area contributed by atoms with Crippen molar-refractivity contribution >= 4 is 54.4 Å². The summed E-state index contributed by atoms with van der Waals surface area (Å²) < 4.78 is 34.2. The minimum absolute atomic E-state index is 0.0440. The summed E-state index contributed by atoms with van der Waals surface area (Å²) in [6.07, 6.45) is 0.474. The first kappa shape index (κ1) is 37.7. The predicted molar refractivity (Wildman–Crippen MR) is 184 cm³/mol. The van der Waals surface area contributed by atoms with E-state index in [0.717, 1.165) is 11.0 Å². The third-order valence-electron chi connectivity index (χ3n) is 9.38. The van der Waals surface area contributed by atoms with Crippen molar-refractivity contribution in [3.63, 3.8) is 0 Å². The number of aromatic carboxylic acids is 1. The molecule has 54 heavy (non-hydrogen) atoms. The molecular formula is C33H32BClF2N6O11. The number of phenolic OH excluding ortho intramolecular Hbond substituents is 3. The van der Waals surface area contributed by atoms with Gasteiger partial charge in [0.2, 0.25) is 5.91 Å². The molecule has 0 unspecified atom stereocenters. The fourth-order valence-electron chi connectivity index (χ4n) is 6.55. The van der Waals surface area contributed by atoms with Crippen LogP contribution in [0.5, 0.6) is 23.0 Å². The van der Waals surface area contributed by atoms with Crippen LogP contribution in [0.1, 0.15) is 40.4 Å². The summed E-state index contributed by atoms with van der Waals surface area (Å²) >= 11 is 6.19. The molecule has 6 rings (SSSR count). The molecule has 0 saturated carbocycles. The van der Waals surface area contributed by atoms with Crippen LogP contribution in [0, 0.1) is 11.6 Å². The molecule has 2 fully saturated rings. The van der Waals surface area contributed by atoms with Crippen LogP contribution >= 0.6 is 11.6 Å². The van der Waals surface area contributed by atoms with Crippen molar-refractivity contribution in [2.24, 2.45) is 0 Å². The van der Waals surface area contributed by atoms with Gasteiger partial charge < -0.3 is 55.9 Å². The maximum absolute atomic E-state index is 14.7. The average Bonchev–Trinajstić information content (AvgIpc) is 3.53. The number of carboxylic acids is 1. The van der Waals surface area contributed by atoms with Crippen LogP contribution in [0.4, 0.5) is 28.9 Å². The first-order valence-electron chi connectivity index (χ1n) is 16.5. The molecule has 2 atom stereocenters. The molecule has 0 radical (unpaired) electrons. The van der Waals surface area contributed by atoms with Crippen molar-refractivity contribution < 1.29 is 62.9 Å². The third kappa shape index (κ3) is 7.42. The Labute approximate surface area is 309 Å². The van der Waals surface area contributed by atoms with Crippen LogP contribution in [0.2, 0.25) is 5.02 Å². The zero-order chi connectivity index (χ0) is 39.0. The topological polar surface area (TPSA) is 242 Å². The van der Waals surface area contributed by atoms with Gasteiger partial charge in [-0.3, -0.25) is 4.79 Å². The number of nitrogens with one attached hydrogen (secondary N) is 3. The van der Waals surface area contributed by atoms with Crippen molar-refractivity contribution in [1.82, 2.24) is 25.3 Å². The highest BCUT2D eigenvalue weighted by molar-refractivity contribution is 6.47. The number of aromatic hydroxyl groups is 3. The van der Waals surface area contributed by atoms with Crippen LogP contribution in [0.25, 0.3) is 0 Å². The molecule has 3 aliphatic rings. The van der Waals surface area contributed by atoms with Crippen LogP contribution < -0.4 is 20.6 Å². The highest BCUT2D eigenvalue weighted by Gasteiger charge is 2.43. The molecular weight excluding hydrogens is 741 g/mol. The normalized spacial score (nSPS) is 17.8. The highest BCUT2D eigenvalue weighted by Crippen LogP contribution is 2.41. The second-order valence-corrected chi connectivity index (χ2v) is 13.1. The molecule has 0 spiro atoms. The predicted octanol–water partition coefficient (Wildman–Crippen LogP) is 2.76. The maximum atomic E-state index is 14.7. The van der Waals surface area contributed by atoms with E-state index in [1.807, 2.05) is 0 Å². The van der Waals surface area contributed by atoms with E-state index < -0.39 is 88.1 Å². The quantitative estimate of drug-likeness (QED) is 0.0987. The number of carbonyl (C=O) groups excluding carboxylic acids is 4.